The Kier molecular flexibility index (Phi) is 3.70. The van der Waals surface area contributed by atoms with E-state index in [0.717, 1.165) is 17.2 Å². The molecule has 0 radical (unpaired) electrons. The molecule has 16 heavy (non-hydrogen) atoms. The maximum Gasteiger partial charge on any atom is 0.132 e. The van der Waals surface area contributed by atoms with Gasteiger partial charge in [0.05, 0.1) is 11.9 Å². The van der Waals surface area contributed by atoms with Crippen molar-refractivity contribution in [2.75, 3.05) is 5.32 Å². The van der Waals surface area contributed by atoms with Crippen LogP contribution in [0.25, 0.3) is 0 Å². The van der Waals surface area contributed by atoms with E-state index in [1.807, 2.05) is 13.1 Å². The van der Waals surface area contributed by atoms with Crippen molar-refractivity contribution in [1.82, 2.24) is 4.98 Å². The minimum absolute atomic E-state index is 0.594. The van der Waals surface area contributed by atoms with Crippen molar-refractivity contribution in [3.8, 4) is 0 Å². The van der Waals surface area contributed by atoms with Gasteiger partial charge in [0.15, 0.2) is 0 Å². The van der Waals surface area contributed by atoms with E-state index in [-0.39, 0.29) is 0 Å². The number of rotatable bonds is 2. The predicted octanol–water partition coefficient (Wildman–Crippen LogP) is 4.03. The second-order valence-electron chi connectivity index (χ2n) is 4.84. The molecule has 0 bridgehead atoms. The molecular weight excluding hydrogens is 220 g/mol. The minimum atomic E-state index is 0.594. The molecule has 1 heterocycles. The topological polar surface area (TPSA) is 24.9 Å². The van der Waals surface area contributed by atoms with Crippen LogP contribution >= 0.6 is 11.6 Å². The Morgan fingerprint density at radius 2 is 2.12 bits per heavy atom. The monoisotopic (exact) mass is 238 g/mol. The summed E-state index contributed by atoms with van der Waals surface area (Å²) >= 11 is 5.91. The summed E-state index contributed by atoms with van der Waals surface area (Å²) in [5.74, 6) is 0.754. The van der Waals surface area contributed by atoms with Crippen LogP contribution in [-0.4, -0.2) is 11.0 Å². The first-order valence-corrected chi connectivity index (χ1v) is 6.43. The quantitative estimate of drug-likeness (QED) is 0.787. The Labute approximate surface area is 102 Å². The van der Waals surface area contributed by atoms with Crippen molar-refractivity contribution in [3.63, 3.8) is 0 Å². The fourth-order valence-electron chi connectivity index (χ4n) is 2.38. The molecule has 2 unspecified atom stereocenters. The molecular formula is C13H19ClN2. The summed E-state index contributed by atoms with van der Waals surface area (Å²) in [6.45, 7) is 4.32. The van der Waals surface area contributed by atoms with E-state index in [2.05, 4.69) is 23.3 Å². The van der Waals surface area contributed by atoms with Gasteiger partial charge in [-0.2, -0.15) is 0 Å². The number of anilines is 1. The molecule has 2 rings (SSSR count). The van der Waals surface area contributed by atoms with Gasteiger partial charge < -0.3 is 5.32 Å². The van der Waals surface area contributed by atoms with Gasteiger partial charge in [-0.25, -0.2) is 4.98 Å². The molecule has 0 spiro atoms. The van der Waals surface area contributed by atoms with Gasteiger partial charge >= 0.3 is 0 Å². The average Bonchev–Trinajstić information content (AvgIpc) is 2.27. The van der Waals surface area contributed by atoms with Gasteiger partial charge in [-0.3, -0.25) is 0 Å². The molecule has 2 atom stereocenters. The van der Waals surface area contributed by atoms with Crippen molar-refractivity contribution >= 4 is 17.3 Å². The Morgan fingerprint density at radius 1 is 1.38 bits per heavy atom. The number of nitrogens with one attached hydrogen (secondary N) is 1. The number of hydrogen-bond acceptors (Lipinski definition) is 2. The Morgan fingerprint density at radius 3 is 2.81 bits per heavy atom. The zero-order valence-electron chi connectivity index (χ0n) is 9.96. The van der Waals surface area contributed by atoms with Crippen LogP contribution in [0.4, 0.5) is 5.69 Å². The lowest BCUT2D eigenvalue weighted by atomic mass is 9.86. The van der Waals surface area contributed by atoms with Gasteiger partial charge in [-0.05, 0) is 37.3 Å². The lowest BCUT2D eigenvalue weighted by Crippen LogP contribution is -2.30. The van der Waals surface area contributed by atoms with Crippen LogP contribution in [0.15, 0.2) is 12.3 Å². The molecule has 0 aliphatic heterocycles. The molecule has 1 aromatic rings. The second-order valence-corrected chi connectivity index (χ2v) is 5.20. The zero-order chi connectivity index (χ0) is 11.5. The van der Waals surface area contributed by atoms with Crippen molar-refractivity contribution < 1.29 is 0 Å². The molecule has 3 heteroatoms. The SMILES string of the molecule is Cc1cc(NC2CCCCC2C)cnc1Cl. The maximum absolute atomic E-state index is 5.91. The Hall–Kier alpha value is -0.760. The molecule has 0 amide bonds. The highest BCUT2D eigenvalue weighted by molar-refractivity contribution is 6.30. The number of halogens is 1. The van der Waals surface area contributed by atoms with Crippen LogP contribution in [0.5, 0.6) is 0 Å². The predicted molar refractivity (Wildman–Crippen MR) is 69.0 cm³/mol. The van der Waals surface area contributed by atoms with Gasteiger partial charge in [0, 0.05) is 6.04 Å². The van der Waals surface area contributed by atoms with Crippen LogP contribution in [0.1, 0.15) is 38.2 Å². The van der Waals surface area contributed by atoms with Crippen molar-refractivity contribution in [2.24, 2.45) is 5.92 Å². The Bertz CT molecular complexity index is 365. The molecule has 2 nitrogen and oxygen atoms in total. The summed E-state index contributed by atoms with van der Waals surface area (Å²) in [4.78, 5) is 4.17. The number of aromatic nitrogens is 1. The largest absolute Gasteiger partial charge is 0.381 e. The number of pyridine rings is 1. The van der Waals surface area contributed by atoms with E-state index < -0.39 is 0 Å². The molecule has 1 N–H and O–H groups in total. The first-order valence-electron chi connectivity index (χ1n) is 6.05. The van der Waals surface area contributed by atoms with E-state index in [9.17, 15) is 0 Å². The molecule has 1 saturated carbocycles. The van der Waals surface area contributed by atoms with Gasteiger partial charge in [-0.15, -0.1) is 0 Å². The van der Waals surface area contributed by atoms with Gasteiger partial charge in [-0.1, -0.05) is 31.4 Å². The highest BCUT2D eigenvalue weighted by Gasteiger charge is 2.20. The van der Waals surface area contributed by atoms with E-state index in [1.54, 1.807) is 0 Å². The third-order valence-electron chi connectivity index (χ3n) is 3.48. The molecule has 1 aliphatic carbocycles. The number of nitrogens with zero attached hydrogens (tertiary/aromatic N) is 1. The van der Waals surface area contributed by atoms with E-state index >= 15 is 0 Å². The minimum Gasteiger partial charge on any atom is -0.381 e. The third kappa shape index (κ3) is 2.67. The fraction of sp³-hybridized carbons (Fsp3) is 0.615. The smallest absolute Gasteiger partial charge is 0.132 e. The van der Waals surface area contributed by atoms with E-state index in [4.69, 9.17) is 11.6 Å². The van der Waals surface area contributed by atoms with Gasteiger partial charge in [0.25, 0.3) is 0 Å². The highest BCUT2D eigenvalue weighted by atomic mass is 35.5. The lowest BCUT2D eigenvalue weighted by Gasteiger charge is -2.30. The average molecular weight is 239 g/mol. The third-order valence-corrected chi connectivity index (χ3v) is 3.87. The summed E-state index contributed by atoms with van der Waals surface area (Å²) in [7, 11) is 0. The van der Waals surface area contributed by atoms with Crippen LogP contribution < -0.4 is 5.32 Å². The number of hydrogen-bond donors (Lipinski definition) is 1. The summed E-state index contributed by atoms with van der Waals surface area (Å²) < 4.78 is 0. The van der Waals surface area contributed by atoms with Crippen LogP contribution in [0, 0.1) is 12.8 Å². The van der Waals surface area contributed by atoms with Crippen molar-refractivity contribution in [3.05, 3.63) is 23.0 Å². The first-order chi connectivity index (χ1) is 7.66. The Balaban J connectivity index is 2.05. The normalized spacial score (nSPS) is 25.4. The fourth-order valence-corrected chi connectivity index (χ4v) is 2.49. The zero-order valence-corrected chi connectivity index (χ0v) is 10.7. The van der Waals surface area contributed by atoms with Gasteiger partial charge in [0.1, 0.15) is 5.15 Å². The van der Waals surface area contributed by atoms with Crippen LogP contribution in [-0.2, 0) is 0 Å². The van der Waals surface area contributed by atoms with E-state index in [0.29, 0.717) is 11.2 Å². The molecule has 1 aliphatic rings. The van der Waals surface area contributed by atoms with Crippen LogP contribution in [0.3, 0.4) is 0 Å². The maximum atomic E-state index is 5.91. The summed E-state index contributed by atoms with van der Waals surface area (Å²) in [6, 6.07) is 2.67. The summed E-state index contributed by atoms with van der Waals surface area (Å²) in [5.41, 5.74) is 2.13. The standard InChI is InChI=1S/C13H19ClN2/c1-9-5-3-4-6-12(9)16-11-7-10(2)13(14)15-8-11/h7-9,12,16H,3-6H2,1-2H3. The van der Waals surface area contributed by atoms with Crippen molar-refractivity contribution in [1.29, 1.82) is 0 Å². The van der Waals surface area contributed by atoms with Crippen molar-refractivity contribution in [2.45, 2.75) is 45.6 Å². The molecule has 1 fully saturated rings. The molecule has 88 valence electrons. The van der Waals surface area contributed by atoms with E-state index in [1.165, 1.54) is 25.7 Å². The molecule has 1 aromatic heterocycles. The number of aryl methyl sites for hydroxylation is 1. The second kappa shape index (κ2) is 5.05. The molecule has 0 saturated heterocycles. The summed E-state index contributed by atoms with van der Waals surface area (Å²) in [5, 5.41) is 4.18. The first kappa shape index (κ1) is 11.7. The summed E-state index contributed by atoms with van der Waals surface area (Å²) in [6.07, 6.45) is 7.14. The lowest BCUT2D eigenvalue weighted by molar-refractivity contribution is 0.349. The van der Waals surface area contributed by atoms with Crippen LogP contribution in [0.2, 0.25) is 5.15 Å². The highest BCUT2D eigenvalue weighted by Crippen LogP contribution is 2.27. The molecule has 0 aromatic carbocycles. The van der Waals surface area contributed by atoms with Gasteiger partial charge in [0.2, 0.25) is 0 Å².